The van der Waals surface area contributed by atoms with Crippen molar-refractivity contribution in [2.75, 3.05) is 13.1 Å². The van der Waals surface area contributed by atoms with Crippen LogP contribution in [-0.2, 0) is 6.54 Å². The van der Waals surface area contributed by atoms with Crippen LogP contribution in [0.4, 0.5) is 0 Å². The highest BCUT2D eigenvalue weighted by Gasteiger charge is 2.17. The zero-order valence-corrected chi connectivity index (χ0v) is 16.9. The molecule has 0 radical (unpaired) electrons. The lowest BCUT2D eigenvalue weighted by Gasteiger charge is -2.26. The summed E-state index contributed by atoms with van der Waals surface area (Å²) in [7, 11) is 0. The van der Waals surface area contributed by atoms with Crippen LogP contribution in [0.15, 0.2) is 49.1 Å². The Morgan fingerprint density at radius 2 is 1.93 bits per heavy atom. The van der Waals surface area contributed by atoms with Gasteiger partial charge in [0.25, 0.3) is 0 Å². The van der Waals surface area contributed by atoms with Crippen molar-refractivity contribution < 1.29 is 0 Å². The topological polar surface area (TPSA) is 58.5 Å². The highest BCUT2D eigenvalue weighted by Crippen LogP contribution is 2.25. The first-order valence-electron chi connectivity index (χ1n) is 9.33. The number of H-pyrrole nitrogens is 1. The number of pyridine rings is 1. The van der Waals surface area contributed by atoms with Gasteiger partial charge in [0.2, 0.25) is 0 Å². The molecule has 1 aliphatic rings. The molecule has 0 aliphatic carbocycles. The van der Waals surface area contributed by atoms with E-state index in [2.05, 4.69) is 44.5 Å². The summed E-state index contributed by atoms with van der Waals surface area (Å²) in [6.45, 7) is 3.05. The number of hydrogen-bond donors (Lipinski definition) is 2. The summed E-state index contributed by atoms with van der Waals surface area (Å²) in [4.78, 5) is 7.72. The molecular formula is C22H17Cl2N5. The lowest BCUT2D eigenvalue weighted by molar-refractivity contribution is 0.295. The standard InChI is InChI=1S/C22H17Cl2N5/c23-19-3-4-21(24)15(5-19)1-2-16-9-26-22-20(16)6-17(10-27-22)18-11-28-29(13-18)12-14-7-25-8-14/h3-6,9-11,13-14,25H,7-8,12H2,(H,26,27). The maximum Gasteiger partial charge on any atom is 0.138 e. The molecule has 0 unspecified atom stereocenters. The minimum Gasteiger partial charge on any atom is -0.345 e. The van der Waals surface area contributed by atoms with E-state index >= 15 is 0 Å². The Morgan fingerprint density at radius 1 is 1.07 bits per heavy atom. The van der Waals surface area contributed by atoms with Gasteiger partial charge in [0.05, 0.1) is 16.8 Å². The molecule has 29 heavy (non-hydrogen) atoms. The van der Waals surface area contributed by atoms with Gasteiger partial charge >= 0.3 is 0 Å². The molecule has 0 spiro atoms. The minimum absolute atomic E-state index is 0.578. The van der Waals surface area contributed by atoms with Crippen LogP contribution in [0.3, 0.4) is 0 Å². The van der Waals surface area contributed by atoms with Crippen molar-refractivity contribution in [3.8, 4) is 23.0 Å². The van der Waals surface area contributed by atoms with E-state index in [1.165, 1.54) is 0 Å². The summed E-state index contributed by atoms with van der Waals surface area (Å²) in [6, 6.07) is 7.36. The Labute approximate surface area is 178 Å². The Kier molecular flexibility index (Phi) is 4.76. The van der Waals surface area contributed by atoms with E-state index in [9.17, 15) is 0 Å². The number of rotatable bonds is 3. The van der Waals surface area contributed by atoms with Gasteiger partial charge in [-0.25, -0.2) is 4.98 Å². The average Bonchev–Trinajstić information content (AvgIpc) is 3.32. The quantitative estimate of drug-likeness (QED) is 0.483. The fourth-order valence-corrected chi connectivity index (χ4v) is 3.68. The number of aromatic amines is 1. The summed E-state index contributed by atoms with van der Waals surface area (Å²) in [5.41, 5.74) is 4.41. The van der Waals surface area contributed by atoms with Crippen molar-refractivity contribution in [2.45, 2.75) is 6.54 Å². The molecule has 5 rings (SSSR count). The van der Waals surface area contributed by atoms with Crippen molar-refractivity contribution in [3.63, 3.8) is 0 Å². The van der Waals surface area contributed by atoms with Crippen LogP contribution < -0.4 is 5.32 Å². The Hall–Kier alpha value is -2.78. The predicted octanol–water partition coefficient (Wildman–Crippen LogP) is 4.35. The van der Waals surface area contributed by atoms with Gasteiger partial charge < -0.3 is 10.3 Å². The molecule has 0 saturated carbocycles. The van der Waals surface area contributed by atoms with Crippen molar-refractivity contribution in [1.82, 2.24) is 25.1 Å². The molecule has 0 amide bonds. The van der Waals surface area contributed by atoms with Gasteiger partial charge in [0, 0.05) is 71.2 Å². The Balaban J connectivity index is 1.46. The van der Waals surface area contributed by atoms with Gasteiger partial charge in [-0.1, -0.05) is 35.0 Å². The normalized spacial score (nSPS) is 13.9. The molecule has 4 heterocycles. The van der Waals surface area contributed by atoms with Gasteiger partial charge in [-0.3, -0.25) is 4.68 Å². The molecule has 1 aliphatic heterocycles. The number of halogens is 2. The molecule has 0 atom stereocenters. The van der Waals surface area contributed by atoms with Gasteiger partial charge in [0.1, 0.15) is 5.65 Å². The summed E-state index contributed by atoms with van der Waals surface area (Å²) < 4.78 is 2.00. The highest BCUT2D eigenvalue weighted by atomic mass is 35.5. The van der Waals surface area contributed by atoms with E-state index in [4.69, 9.17) is 23.2 Å². The van der Waals surface area contributed by atoms with Crippen molar-refractivity contribution >= 4 is 34.2 Å². The molecule has 1 saturated heterocycles. The molecule has 1 fully saturated rings. The van der Waals surface area contributed by atoms with E-state index < -0.39 is 0 Å². The molecule has 4 aromatic rings. The summed E-state index contributed by atoms with van der Waals surface area (Å²) in [5.74, 6) is 6.96. The maximum absolute atomic E-state index is 6.22. The second-order valence-electron chi connectivity index (χ2n) is 7.17. The van der Waals surface area contributed by atoms with Crippen LogP contribution in [0.1, 0.15) is 11.1 Å². The molecular weight excluding hydrogens is 405 g/mol. The first-order valence-corrected chi connectivity index (χ1v) is 10.1. The molecule has 144 valence electrons. The Bertz CT molecular complexity index is 1260. The molecule has 5 nitrogen and oxygen atoms in total. The summed E-state index contributed by atoms with van der Waals surface area (Å²) in [6.07, 6.45) is 7.68. The Morgan fingerprint density at radius 3 is 2.76 bits per heavy atom. The van der Waals surface area contributed by atoms with Crippen LogP contribution in [0, 0.1) is 17.8 Å². The zero-order chi connectivity index (χ0) is 19.8. The maximum atomic E-state index is 6.22. The molecule has 0 bridgehead atoms. The number of fused-ring (bicyclic) bond motifs is 1. The van der Waals surface area contributed by atoms with Crippen LogP contribution in [-0.4, -0.2) is 32.8 Å². The first kappa shape index (κ1) is 18.3. The molecule has 2 N–H and O–H groups in total. The van der Waals surface area contributed by atoms with Crippen LogP contribution in [0.2, 0.25) is 10.0 Å². The number of aromatic nitrogens is 4. The van der Waals surface area contributed by atoms with Gasteiger partial charge in [-0.15, -0.1) is 0 Å². The van der Waals surface area contributed by atoms with E-state index in [0.29, 0.717) is 21.5 Å². The second-order valence-corrected chi connectivity index (χ2v) is 8.02. The van der Waals surface area contributed by atoms with Crippen molar-refractivity contribution in [3.05, 3.63) is 70.2 Å². The monoisotopic (exact) mass is 421 g/mol. The average molecular weight is 422 g/mol. The van der Waals surface area contributed by atoms with Gasteiger partial charge in [-0.2, -0.15) is 5.10 Å². The van der Waals surface area contributed by atoms with E-state index in [-0.39, 0.29) is 0 Å². The fraction of sp³-hybridized carbons (Fsp3) is 0.182. The molecule has 1 aromatic carbocycles. The van der Waals surface area contributed by atoms with Crippen LogP contribution >= 0.6 is 23.2 Å². The lowest BCUT2D eigenvalue weighted by atomic mass is 10.0. The third-order valence-corrected chi connectivity index (χ3v) is 5.63. The largest absolute Gasteiger partial charge is 0.345 e. The molecule has 3 aromatic heterocycles. The minimum atomic E-state index is 0.578. The molecule has 7 heteroatoms. The number of nitrogens with one attached hydrogen (secondary N) is 2. The number of nitrogens with zero attached hydrogens (tertiary/aromatic N) is 3. The van der Waals surface area contributed by atoms with Gasteiger partial charge in [0.15, 0.2) is 0 Å². The number of hydrogen-bond acceptors (Lipinski definition) is 3. The van der Waals surface area contributed by atoms with Gasteiger partial charge in [-0.05, 0) is 24.3 Å². The van der Waals surface area contributed by atoms with E-state index in [1.807, 2.05) is 23.3 Å². The summed E-state index contributed by atoms with van der Waals surface area (Å²) in [5, 5.41) is 9.94. The predicted molar refractivity (Wildman–Crippen MR) is 116 cm³/mol. The fourth-order valence-electron chi connectivity index (χ4n) is 3.35. The third kappa shape index (κ3) is 3.75. The lowest BCUT2D eigenvalue weighted by Crippen LogP contribution is -2.44. The smallest absolute Gasteiger partial charge is 0.138 e. The van der Waals surface area contributed by atoms with Crippen LogP contribution in [0.25, 0.3) is 22.2 Å². The van der Waals surface area contributed by atoms with Crippen molar-refractivity contribution in [1.29, 1.82) is 0 Å². The van der Waals surface area contributed by atoms with Crippen molar-refractivity contribution in [2.24, 2.45) is 5.92 Å². The number of benzene rings is 1. The third-order valence-electron chi connectivity index (χ3n) is 5.07. The highest BCUT2D eigenvalue weighted by molar-refractivity contribution is 6.33. The van der Waals surface area contributed by atoms with E-state index in [1.54, 1.807) is 18.2 Å². The van der Waals surface area contributed by atoms with E-state index in [0.717, 1.165) is 47.4 Å². The zero-order valence-electron chi connectivity index (χ0n) is 15.4. The van der Waals surface area contributed by atoms with Crippen LogP contribution in [0.5, 0.6) is 0 Å². The first-order chi connectivity index (χ1) is 14.2. The summed E-state index contributed by atoms with van der Waals surface area (Å²) >= 11 is 12.3. The second kappa shape index (κ2) is 7.57. The SMILES string of the molecule is Clc1ccc(Cl)c(C#Cc2c[nH]c3ncc(-c4cnn(CC5CNC5)c4)cc23)c1.